The Kier molecular flexibility index (Phi) is 6.78. The van der Waals surface area contributed by atoms with Crippen molar-refractivity contribution in [3.8, 4) is 0 Å². The molecule has 0 aliphatic heterocycles. The van der Waals surface area contributed by atoms with Crippen LogP contribution in [0.2, 0.25) is 0 Å². The van der Waals surface area contributed by atoms with E-state index in [0.717, 1.165) is 34.7 Å². The van der Waals surface area contributed by atoms with Crippen molar-refractivity contribution in [1.29, 1.82) is 0 Å². The van der Waals surface area contributed by atoms with Gasteiger partial charge in [-0.2, -0.15) is 0 Å². The van der Waals surface area contributed by atoms with Crippen LogP contribution in [0, 0.1) is 23.7 Å². The summed E-state index contributed by atoms with van der Waals surface area (Å²) >= 11 is 1.30. The van der Waals surface area contributed by atoms with Crippen LogP contribution in [0.4, 0.5) is 4.79 Å². The van der Waals surface area contributed by atoms with Crippen LogP contribution in [0.1, 0.15) is 50.2 Å². The molecule has 2 N–H and O–H groups in total. The second kappa shape index (κ2) is 10.2. The lowest BCUT2D eigenvalue weighted by molar-refractivity contribution is -0.117. The maximum atomic E-state index is 13.7. The Labute approximate surface area is 223 Å². The number of alkyl carbamates (subject to hydrolysis) is 1. The van der Waals surface area contributed by atoms with Gasteiger partial charge < -0.3 is 15.0 Å². The van der Waals surface area contributed by atoms with Crippen LogP contribution in [0.15, 0.2) is 60.8 Å². The SMILES string of the molecule is C[C@](Cc1c[nH]c2ccccc12)(NC(=O)OC1C2CC3CC(C2)CC1C3)C(=O)SCCc1ccccc1. The van der Waals surface area contributed by atoms with E-state index in [2.05, 4.69) is 28.5 Å². The number of hydrogen-bond donors (Lipinski definition) is 2. The van der Waals surface area contributed by atoms with E-state index in [0.29, 0.717) is 24.0 Å². The lowest BCUT2D eigenvalue weighted by atomic mass is 9.55. The van der Waals surface area contributed by atoms with Crippen molar-refractivity contribution in [3.63, 3.8) is 0 Å². The van der Waals surface area contributed by atoms with E-state index < -0.39 is 11.6 Å². The van der Waals surface area contributed by atoms with Crippen LogP contribution < -0.4 is 5.32 Å². The summed E-state index contributed by atoms with van der Waals surface area (Å²) in [7, 11) is 0. The molecule has 4 saturated carbocycles. The Morgan fingerprint density at radius 2 is 1.65 bits per heavy atom. The Morgan fingerprint density at radius 1 is 0.973 bits per heavy atom. The topological polar surface area (TPSA) is 71.2 Å². The monoisotopic (exact) mass is 516 g/mol. The number of carbonyl (C=O) groups is 2. The molecule has 4 aliphatic carbocycles. The Morgan fingerprint density at radius 3 is 2.38 bits per heavy atom. The molecule has 1 atom stereocenters. The summed E-state index contributed by atoms with van der Waals surface area (Å²) in [5.41, 5.74) is 2.18. The predicted octanol–water partition coefficient (Wildman–Crippen LogP) is 6.52. The zero-order chi connectivity index (χ0) is 25.4. The van der Waals surface area contributed by atoms with Crippen molar-refractivity contribution in [3.05, 3.63) is 71.9 Å². The van der Waals surface area contributed by atoms with Crippen LogP contribution in [-0.4, -0.2) is 33.6 Å². The minimum atomic E-state index is -1.07. The molecule has 1 heterocycles. The Bertz CT molecular complexity index is 1240. The molecule has 6 heteroatoms. The zero-order valence-electron chi connectivity index (χ0n) is 21.5. The molecule has 4 aliphatic rings. The minimum absolute atomic E-state index is 0.00836. The summed E-state index contributed by atoms with van der Waals surface area (Å²) in [5.74, 6) is 3.27. The average Bonchev–Trinajstić information content (AvgIpc) is 3.29. The maximum absolute atomic E-state index is 13.7. The van der Waals surface area contributed by atoms with Crippen LogP contribution >= 0.6 is 11.8 Å². The molecule has 5 nitrogen and oxygen atoms in total. The predicted molar refractivity (Wildman–Crippen MR) is 148 cm³/mol. The maximum Gasteiger partial charge on any atom is 0.408 e. The number of nitrogens with one attached hydrogen (secondary N) is 2. The highest BCUT2D eigenvalue weighted by Crippen LogP contribution is 2.54. The van der Waals surface area contributed by atoms with Gasteiger partial charge in [-0.3, -0.25) is 4.79 Å². The number of amides is 1. The van der Waals surface area contributed by atoms with E-state index in [9.17, 15) is 9.59 Å². The van der Waals surface area contributed by atoms with Gasteiger partial charge in [0.2, 0.25) is 5.12 Å². The van der Waals surface area contributed by atoms with Gasteiger partial charge >= 0.3 is 6.09 Å². The molecule has 194 valence electrons. The highest BCUT2D eigenvalue weighted by atomic mass is 32.2. The third kappa shape index (κ3) is 5.18. The van der Waals surface area contributed by atoms with Crippen LogP contribution in [0.3, 0.4) is 0 Å². The van der Waals surface area contributed by atoms with Gasteiger partial charge in [0.1, 0.15) is 11.6 Å². The number of thioether (sulfide) groups is 1. The molecule has 37 heavy (non-hydrogen) atoms. The van der Waals surface area contributed by atoms with Gasteiger partial charge in [-0.1, -0.05) is 60.3 Å². The highest BCUT2D eigenvalue weighted by molar-refractivity contribution is 8.13. The molecule has 3 aromatic rings. The average molecular weight is 517 g/mol. The molecule has 4 bridgehead atoms. The number of ether oxygens (including phenoxy) is 1. The van der Waals surface area contributed by atoms with Crippen molar-refractivity contribution in [1.82, 2.24) is 10.3 Å². The van der Waals surface area contributed by atoms with Gasteiger partial charge in [-0.15, -0.1) is 0 Å². The number of H-pyrrole nitrogens is 1. The van der Waals surface area contributed by atoms with Crippen molar-refractivity contribution < 1.29 is 14.3 Å². The number of benzene rings is 2. The number of para-hydroxylation sites is 1. The third-order valence-electron chi connectivity index (χ3n) is 8.90. The molecule has 1 aromatic heterocycles. The first kappa shape index (κ1) is 24.6. The van der Waals surface area contributed by atoms with E-state index in [-0.39, 0.29) is 11.2 Å². The normalized spacial score (nSPS) is 27.6. The minimum Gasteiger partial charge on any atom is -0.446 e. The molecule has 0 unspecified atom stereocenters. The number of aromatic nitrogens is 1. The van der Waals surface area contributed by atoms with Gasteiger partial charge in [-0.05, 0) is 86.3 Å². The van der Waals surface area contributed by atoms with E-state index in [1.807, 2.05) is 49.5 Å². The number of fused-ring (bicyclic) bond motifs is 1. The molecular formula is C31H36N2O3S. The number of hydrogen-bond acceptors (Lipinski definition) is 4. The molecule has 4 fully saturated rings. The molecule has 7 rings (SSSR count). The van der Waals surface area contributed by atoms with Crippen LogP contribution in [0.5, 0.6) is 0 Å². The second-order valence-electron chi connectivity index (χ2n) is 11.7. The number of aromatic amines is 1. The standard InChI is InChI=1S/C31H36N2O3S/c1-31(18-25-19-32-27-10-6-5-9-26(25)27,29(34)37-12-11-20-7-3-2-4-8-20)33-30(35)36-28-23-14-21-13-22(16-23)17-24(28)15-21/h2-10,19,21-24,28,32H,11-18H2,1H3,(H,33,35)/t21?,22?,23?,24?,28?,31-/m1/s1. The lowest BCUT2D eigenvalue weighted by Gasteiger charge is -2.53. The first-order chi connectivity index (χ1) is 18.0. The van der Waals surface area contributed by atoms with Gasteiger partial charge in [0.25, 0.3) is 0 Å². The molecular weight excluding hydrogens is 480 g/mol. The summed E-state index contributed by atoms with van der Waals surface area (Å²) < 4.78 is 6.13. The fourth-order valence-corrected chi connectivity index (χ4v) is 8.30. The van der Waals surface area contributed by atoms with Gasteiger partial charge in [0, 0.05) is 29.3 Å². The third-order valence-corrected chi connectivity index (χ3v) is 10.0. The summed E-state index contributed by atoms with van der Waals surface area (Å²) in [6.45, 7) is 1.85. The van der Waals surface area contributed by atoms with Crippen LogP contribution in [-0.2, 0) is 22.4 Å². The number of carbonyl (C=O) groups excluding carboxylic acids is 2. The van der Waals surface area contributed by atoms with Gasteiger partial charge in [-0.25, -0.2) is 4.79 Å². The fraction of sp³-hybridized carbons (Fsp3) is 0.484. The van der Waals surface area contributed by atoms with Gasteiger partial charge in [0.05, 0.1) is 0 Å². The summed E-state index contributed by atoms with van der Waals surface area (Å²) in [6, 6.07) is 18.3. The van der Waals surface area contributed by atoms with E-state index in [1.54, 1.807) is 0 Å². The smallest absolute Gasteiger partial charge is 0.408 e. The van der Waals surface area contributed by atoms with E-state index >= 15 is 0 Å². The quantitative estimate of drug-likeness (QED) is 0.357. The molecule has 0 saturated heterocycles. The molecule has 1 amide bonds. The lowest BCUT2D eigenvalue weighted by Crippen LogP contribution is -2.56. The largest absolute Gasteiger partial charge is 0.446 e. The molecule has 0 radical (unpaired) electrons. The van der Waals surface area contributed by atoms with E-state index in [1.165, 1.54) is 49.4 Å². The van der Waals surface area contributed by atoms with E-state index in [4.69, 9.17) is 4.74 Å². The zero-order valence-corrected chi connectivity index (χ0v) is 22.3. The molecule has 0 spiro atoms. The fourth-order valence-electron chi connectivity index (χ4n) is 7.34. The Balaban J connectivity index is 1.17. The molecule has 2 aromatic carbocycles. The summed E-state index contributed by atoms with van der Waals surface area (Å²) in [6.07, 6.45) is 8.82. The van der Waals surface area contributed by atoms with Crippen LogP contribution in [0.25, 0.3) is 10.9 Å². The Hall–Kier alpha value is -2.73. The summed E-state index contributed by atoms with van der Waals surface area (Å²) in [5, 5.41) is 4.10. The number of aryl methyl sites for hydroxylation is 1. The second-order valence-corrected chi connectivity index (χ2v) is 12.7. The van der Waals surface area contributed by atoms with Crippen molar-refractivity contribution in [2.24, 2.45) is 23.7 Å². The van der Waals surface area contributed by atoms with Gasteiger partial charge in [0.15, 0.2) is 0 Å². The first-order valence-electron chi connectivity index (χ1n) is 13.7. The first-order valence-corrected chi connectivity index (χ1v) is 14.7. The highest BCUT2D eigenvalue weighted by Gasteiger charge is 2.50. The van der Waals surface area contributed by atoms with Crippen molar-refractivity contribution in [2.75, 3.05) is 5.75 Å². The summed E-state index contributed by atoms with van der Waals surface area (Å²) in [4.78, 5) is 30.3. The number of rotatable bonds is 8. The van der Waals surface area contributed by atoms with Crippen molar-refractivity contribution >= 4 is 33.9 Å². The van der Waals surface area contributed by atoms with Crippen molar-refractivity contribution in [2.45, 2.75) is 63.5 Å².